The quantitative estimate of drug-likeness (QED) is 0.0439. The molecule has 87 heavy (non-hydrogen) atoms. The molecule has 29 heteroatoms. The van der Waals surface area contributed by atoms with Gasteiger partial charge in [0, 0.05) is 0 Å². The Morgan fingerprint density at radius 3 is 1.91 bits per heavy atom. The van der Waals surface area contributed by atoms with Crippen LogP contribution in [0.4, 0.5) is 0 Å². The third kappa shape index (κ3) is 10.8. The molecule has 0 spiro atoms. The number of methoxy groups -OCH3 is 1. The first kappa shape index (κ1) is 67.6. The van der Waals surface area contributed by atoms with Crippen molar-refractivity contribution in [2.45, 2.75) is 240 Å². The first-order valence-electron chi connectivity index (χ1n) is 30.3. The number of hydrogen-bond acceptors (Lipinski definition) is 29. The van der Waals surface area contributed by atoms with E-state index in [1.807, 2.05) is 6.92 Å². The molecule has 0 bridgehead atoms. The number of ether oxygens (including phenoxy) is 11. The second-order valence-corrected chi connectivity index (χ2v) is 28.0. The summed E-state index contributed by atoms with van der Waals surface area (Å²) in [5.41, 5.74) is -7.73. The molecule has 0 amide bonds. The molecule has 32 atom stereocenters. The maximum atomic E-state index is 15.5. The van der Waals surface area contributed by atoms with Gasteiger partial charge in [-0.15, -0.1) is 0 Å². The fourth-order valence-corrected chi connectivity index (χ4v) is 17.5. The van der Waals surface area contributed by atoms with Gasteiger partial charge >= 0.3 is 11.9 Å². The van der Waals surface area contributed by atoms with E-state index in [1.165, 1.54) is 6.92 Å². The summed E-state index contributed by atoms with van der Waals surface area (Å²) in [4.78, 5) is 29.9. The number of rotatable bonds is 14. The number of carbonyl (C=O) groups excluding carboxylic acids is 2. The highest BCUT2D eigenvalue weighted by atomic mass is 16.8. The average molecular weight is 1250 g/mol. The minimum Gasteiger partial charge on any atom is -0.468 e. The Morgan fingerprint density at radius 1 is 0.609 bits per heavy atom. The van der Waals surface area contributed by atoms with Gasteiger partial charge in [0.25, 0.3) is 0 Å². The fourth-order valence-electron chi connectivity index (χ4n) is 17.5. The molecule has 0 unspecified atom stereocenters. The van der Waals surface area contributed by atoms with Crippen molar-refractivity contribution in [3.8, 4) is 0 Å². The van der Waals surface area contributed by atoms with Gasteiger partial charge in [0.05, 0.1) is 65.1 Å². The van der Waals surface area contributed by atoms with Crippen molar-refractivity contribution in [2.24, 2.45) is 50.2 Å². The molecule has 0 aromatic heterocycles. The van der Waals surface area contributed by atoms with Crippen molar-refractivity contribution < 1.29 is 143 Å². The highest BCUT2D eigenvalue weighted by Gasteiger charge is 2.75. The summed E-state index contributed by atoms with van der Waals surface area (Å²) in [6.45, 7) is 7.57. The van der Waals surface area contributed by atoms with E-state index in [9.17, 15) is 86.5 Å². The van der Waals surface area contributed by atoms with Crippen molar-refractivity contribution >= 4 is 11.9 Å². The lowest BCUT2D eigenvalue weighted by atomic mass is 9.33. The van der Waals surface area contributed by atoms with E-state index in [0.29, 0.717) is 25.7 Å². The number of allylic oxidation sites excluding steroid dienone is 2. The monoisotopic (exact) mass is 1250 g/mol. The summed E-state index contributed by atoms with van der Waals surface area (Å²) in [6, 6.07) is 0. The van der Waals surface area contributed by atoms with Crippen LogP contribution >= 0.6 is 0 Å². The fraction of sp³-hybridized carbons (Fsp3) is 0.931. The first-order chi connectivity index (χ1) is 40.8. The third-order valence-electron chi connectivity index (χ3n) is 22.7. The zero-order valence-electron chi connectivity index (χ0n) is 50.0. The van der Waals surface area contributed by atoms with Crippen LogP contribution in [0.5, 0.6) is 0 Å². The van der Waals surface area contributed by atoms with Crippen LogP contribution in [-0.2, 0) is 61.7 Å². The predicted molar refractivity (Wildman–Crippen MR) is 287 cm³/mol. The minimum atomic E-state index is -2.08. The number of fused-ring (bicyclic) bond motifs is 7. The molecular weight excluding hydrogens is 1160 g/mol. The molecule has 0 aromatic carbocycles. The number of aliphatic hydroxyl groups excluding tert-OH is 15. The van der Waals surface area contributed by atoms with Crippen molar-refractivity contribution in [3.63, 3.8) is 0 Å². The molecular formula is C58H92O29. The molecule has 498 valence electrons. The van der Waals surface area contributed by atoms with E-state index in [0.717, 1.165) is 12.7 Å². The molecule has 16 N–H and O–H groups in total. The van der Waals surface area contributed by atoms with E-state index in [4.69, 9.17) is 52.1 Å². The van der Waals surface area contributed by atoms with Crippen LogP contribution in [0.25, 0.3) is 0 Å². The summed E-state index contributed by atoms with van der Waals surface area (Å²) in [5, 5.41) is 177. The minimum absolute atomic E-state index is 0.000485. The smallest absolute Gasteiger partial charge is 0.317 e. The van der Waals surface area contributed by atoms with Crippen LogP contribution in [0.2, 0.25) is 0 Å². The molecule has 0 aromatic rings. The third-order valence-corrected chi connectivity index (χ3v) is 22.7. The Bertz CT molecular complexity index is 2490. The van der Waals surface area contributed by atoms with Crippen molar-refractivity contribution in [3.05, 3.63) is 11.6 Å². The summed E-state index contributed by atoms with van der Waals surface area (Å²) in [6.07, 6.45) is -34.3. The summed E-state index contributed by atoms with van der Waals surface area (Å²) in [7, 11) is 1.14. The van der Waals surface area contributed by atoms with Crippen LogP contribution in [-0.4, -0.2) is 287 Å². The Morgan fingerprint density at radius 2 is 1.25 bits per heavy atom. The number of esters is 2. The standard InChI is InChI=1S/C58H92O29/c1-23-40(83-45-39(72)41(28(64)19-78-45)84-49-43(73)56(76,20-60)22-80-49)36(69)38(71)46(81-23)85-42-33(66)27(63)18-79-48(42)87-51(75)57-13-12-52(2,3)14-25(57)24-8-9-30-53(4)15-26(62)44(86-47-37(70)35(68)34(67)29(17-59)82-47)58(21-61,50(74)77-7)31(53)10-11-54(30,5)55(24,6)16-32(57)65/h8,23,25-49,59-73,76H,9-22H2,1-7H3/t23-,25+,26+,27-,28+,29+,30+,31+,32+,33-,34+,35-,36-,37+,38+,39+,40-,41-,42+,43-,44-,45-,46-,47-,48-,49-,53-,54+,55+,56+,57+,58+/m0/s1. The van der Waals surface area contributed by atoms with Crippen molar-refractivity contribution in [1.29, 1.82) is 0 Å². The highest BCUT2D eigenvalue weighted by molar-refractivity contribution is 5.80. The molecule has 4 saturated carbocycles. The van der Waals surface area contributed by atoms with E-state index < -0.39 is 237 Å². The predicted octanol–water partition coefficient (Wildman–Crippen LogP) is -5.20. The van der Waals surface area contributed by atoms with E-state index >= 15 is 4.79 Å². The molecule has 10 rings (SSSR count). The molecule has 5 aliphatic carbocycles. The molecule has 9 fully saturated rings. The second kappa shape index (κ2) is 24.5. The SMILES string of the molecule is COC(=O)[C@]1(CO)[C@@H]2CC[C@]3(C)[C@H](CC=C4[C@H]5CC(C)(C)CC[C@]5(C(=O)O[C@@H]5OC[C@H](O)[C@H](O)[C@H]5O[C@@H]5O[C@@H](C)[C@H](O[C@@H]6OC[C@@H](O)[C@H](O[C@@H]7OC[C@](O)(CO)[C@H]7O)[C@H]6O)[C@@H](O)[C@H]5O)[C@H](O)C[C@]43C)[C@]2(C)C[C@@H](O)[C@@H]1O[C@@H]1O[C@H](CO)[C@@H](O)[C@H](O)[C@H]1O. The largest absolute Gasteiger partial charge is 0.468 e. The van der Waals surface area contributed by atoms with Gasteiger partial charge < -0.3 is 134 Å². The van der Waals surface area contributed by atoms with Gasteiger partial charge in [0.2, 0.25) is 6.29 Å². The Hall–Kier alpha value is -2.32. The maximum absolute atomic E-state index is 15.5. The van der Waals surface area contributed by atoms with Gasteiger partial charge in [-0.1, -0.05) is 46.3 Å². The average Bonchev–Trinajstić information content (AvgIpc) is 0.931. The lowest BCUT2D eigenvalue weighted by Gasteiger charge is -2.72. The highest BCUT2D eigenvalue weighted by Crippen LogP contribution is 2.76. The normalized spacial score (nSPS) is 54.0. The van der Waals surface area contributed by atoms with Gasteiger partial charge in [-0.2, -0.15) is 0 Å². The number of carbonyl (C=O) groups is 2. The number of hydrogen-bond donors (Lipinski definition) is 16. The number of aliphatic hydroxyl groups is 16. The first-order valence-corrected chi connectivity index (χ1v) is 30.3. The van der Waals surface area contributed by atoms with Crippen LogP contribution in [0, 0.1) is 50.2 Å². The molecule has 29 nitrogen and oxygen atoms in total. The van der Waals surface area contributed by atoms with E-state index in [2.05, 4.69) is 33.8 Å². The molecule has 10 aliphatic rings. The Labute approximate surface area is 502 Å². The van der Waals surface area contributed by atoms with Gasteiger partial charge in [-0.25, -0.2) is 0 Å². The van der Waals surface area contributed by atoms with Crippen LogP contribution < -0.4 is 0 Å². The van der Waals surface area contributed by atoms with Crippen LogP contribution in [0.3, 0.4) is 0 Å². The van der Waals surface area contributed by atoms with E-state index in [1.54, 1.807) is 0 Å². The molecule has 0 radical (unpaired) electrons. The lowest BCUT2D eigenvalue weighted by Crippen LogP contribution is -2.72. The maximum Gasteiger partial charge on any atom is 0.317 e. The molecule has 5 heterocycles. The Balaban J connectivity index is 0.877. The summed E-state index contributed by atoms with van der Waals surface area (Å²) >= 11 is 0. The van der Waals surface area contributed by atoms with Gasteiger partial charge in [0.15, 0.2) is 31.3 Å². The van der Waals surface area contributed by atoms with Gasteiger partial charge in [0.1, 0.15) is 102 Å². The zero-order valence-corrected chi connectivity index (χ0v) is 50.0. The molecule has 5 aliphatic heterocycles. The van der Waals surface area contributed by atoms with Crippen molar-refractivity contribution in [2.75, 3.05) is 46.8 Å². The van der Waals surface area contributed by atoms with Crippen LogP contribution in [0.15, 0.2) is 11.6 Å². The van der Waals surface area contributed by atoms with Gasteiger partial charge in [-0.05, 0) is 97.7 Å². The summed E-state index contributed by atoms with van der Waals surface area (Å²) in [5.74, 6) is -3.57. The Kier molecular flexibility index (Phi) is 19.1. The molecule has 5 saturated heterocycles. The zero-order chi connectivity index (χ0) is 63.6. The van der Waals surface area contributed by atoms with Gasteiger partial charge in [-0.3, -0.25) is 9.59 Å². The van der Waals surface area contributed by atoms with Crippen LogP contribution in [0.1, 0.15) is 92.9 Å². The van der Waals surface area contributed by atoms with Crippen molar-refractivity contribution in [1.82, 2.24) is 0 Å². The second-order valence-electron chi connectivity index (χ2n) is 28.0. The lowest BCUT2D eigenvalue weighted by molar-refractivity contribution is -0.372. The summed E-state index contributed by atoms with van der Waals surface area (Å²) < 4.78 is 63.9. The van der Waals surface area contributed by atoms with E-state index in [-0.39, 0.29) is 37.0 Å². The topological polar surface area (TPSA) is 459 Å².